The van der Waals surface area contributed by atoms with E-state index in [1.54, 1.807) is 13.0 Å². The Morgan fingerprint density at radius 2 is 2.18 bits per heavy atom. The highest BCUT2D eigenvalue weighted by atomic mass is 35.5. The maximum Gasteiger partial charge on any atom is 0.249 e. The van der Waals surface area contributed by atoms with E-state index in [0.717, 1.165) is 12.1 Å². The predicted octanol–water partition coefficient (Wildman–Crippen LogP) is 2.52. The number of anilines is 1. The van der Waals surface area contributed by atoms with Gasteiger partial charge in [0.15, 0.2) is 5.25 Å². The van der Waals surface area contributed by atoms with Gasteiger partial charge in [-0.15, -0.1) is 0 Å². The highest BCUT2D eigenvalue weighted by molar-refractivity contribution is 7.93. The molecule has 0 aliphatic carbocycles. The third kappa shape index (κ3) is 3.58. The topological polar surface area (TPSA) is 70.0 Å². The van der Waals surface area contributed by atoms with Gasteiger partial charge in [-0.25, -0.2) is 12.8 Å². The molecule has 0 heterocycles. The van der Waals surface area contributed by atoms with Crippen LogP contribution in [0.5, 0.6) is 0 Å². The molecule has 0 fully saturated rings. The van der Waals surface area contributed by atoms with Gasteiger partial charge in [-0.2, -0.15) is 5.26 Å². The number of hydrogen-bond donors (Lipinski definition) is 1. The van der Waals surface area contributed by atoms with Gasteiger partial charge < -0.3 is 0 Å². The first kappa shape index (κ1) is 13.7. The summed E-state index contributed by atoms with van der Waals surface area (Å²) in [6.07, 6.45) is 0.148. The third-order valence-electron chi connectivity index (χ3n) is 2.01. The summed E-state index contributed by atoms with van der Waals surface area (Å²) in [5.74, 6) is -0.653. The van der Waals surface area contributed by atoms with Gasteiger partial charge in [0.2, 0.25) is 10.0 Å². The van der Waals surface area contributed by atoms with E-state index >= 15 is 0 Å². The molecule has 17 heavy (non-hydrogen) atoms. The summed E-state index contributed by atoms with van der Waals surface area (Å²) < 4.78 is 38.5. The van der Waals surface area contributed by atoms with Gasteiger partial charge in [0.1, 0.15) is 5.82 Å². The molecule has 7 heteroatoms. The van der Waals surface area contributed by atoms with Crippen LogP contribution < -0.4 is 4.72 Å². The monoisotopic (exact) mass is 276 g/mol. The molecular weight excluding hydrogens is 267 g/mol. The van der Waals surface area contributed by atoms with E-state index in [9.17, 15) is 12.8 Å². The second kappa shape index (κ2) is 5.34. The van der Waals surface area contributed by atoms with Gasteiger partial charge in [0.25, 0.3) is 0 Å². The Bertz CT molecular complexity index is 534. The molecule has 1 unspecified atom stereocenters. The summed E-state index contributed by atoms with van der Waals surface area (Å²) in [7, 11) is -3.85. The van der Waals surface area contributed by atoms with Crippen LogP contribution in [0.25, 0.3) is 0 Å². The first-order chi connectivity index (χ1) is 7.89. The second-order valence-corrected chi connectivity index (χ2v) is 5.63. The van der Waals surface area contributed by atoms with Crippen LogP contribution in [-0.4, -0.2) is 13.7 Å². The number of nitrogens with one attached hydrogen (secondary N) is 1. The predicted molar refractivity (Wildman–Crippen MR) is 63.6 cm³/mol. The van der Waals surface area contributed by atoms with E-state index in [1.807, 2.05) is 0 Å². The molecule has 4 nitrogen and oxygen atoms in total. The fraction of sp³-hybridized carbons (Fsp3) is 0.300. The average molecular weight is 277 g/mol. The van der Waals surface area contributed by atoms with Gasteiger partial charge in [0.05, 0.1) is 11.8 Å². The molecule has 0 spiro atoms. The summed E-state index contributed by atoms with van der Waals surface area (Å²) in [6.45, 7) is 1.58. The van der Waals surface area contributed by atoms with E-state index in [2.05, 4.69) is 4.72 Å². The lowest BCUT2D eigenvalue weighted by Gasteiger charge is -2.11. The smallest absolute Gasteiger partial charge is 0.249 e. The molecule has 1 atom stereocenters. The Kier molecular flexibility index (Phi) is 4.32. The maximum atomic E-state index is 13.0. The van der Waals surface area contributed by atoms with Crippen molar-refractivity contribution < 1.29 is 12.8 Å². The van der Waals surface area contributed by atoms with E-state index in [-0.39, 0.29) is 17.1 Å². The van der Waals surface area contributed by atoms with Gasteiger partial charge >= 0.3 is 0 Å². The first-order valence-corrected chi connectivity index (χ1v) is 6.69. The minimum atomic E-state index is -3.85. The molecular formula is C10H10ClFN2O2S. The summed E-state index contributed by atoms with van der Waals surface area (Å²) in [5.41, 5.74) is 0.00343. The van der Waals surface area contributed by atoms with Crippen molar-refractivity contribution in [3.63, 3.8) is 0 Å². The fourth-order valence-electron chi connectivity index (χ4n) is 1.23. The Hall–Kier alpha value is -1.32. The van der Waals surface area contributed by atoms with Crippen molar-refractivity contribution in [2.75, 3.05) is 4.72 Å². The van der Waals surface area contributed by atoms with Crippen LogP contribution in [0.1, 0.15) is 13.3 Å². The summed E-state index contributed by atoms with van der Waals surface area (Å²) >= 11 is 5.59. The molecule has 0 bridgehead atoms. The molecule has 0 aromatic heterocycles. The van der Waals surface area contributed by atoms with Crippen LogP contribution in [0.15, 0.2) is 18.2 Å². The van der Waals surface area contributed by atoms with E-state index in [4.69, 9.17) is 16.9 Å². The first-order valence-electron chi connectivity index (χ1n) is 4.76. The molecule has 92 valence electrons. The third-order valence-corrected chi connectivity index (χ3v) is 3.94. The van der Waals surface area contributed by atoms with Crippen LogP contribution in [0, 0.1) is 17.1 Å². The Morgan fingerprint density at radius 3 is 2.65 bits per heavy atom. The number of nitriles is 1. The number of benzene rings is 1. The standard InChI is InChI=1S/C10H10ClFN2O2S/c1-2-10(6-13)17(15,16)14-9-4-7(11)3-8(12)5-9/h3-5,10,14H,2H2,1H3. The van der Waals surface area contributed by atoms with Crippen molar-refractivity contribution in [2.45, 2.75) is 18.6 Å². The van der Waals surface area contributed by atoms with Crippen molar-refractivity contribution in [1.82, 2.24) is 0 Å². The number of rotatable bonds is 4. The fourth-order valence-corrected chi connectivity index (χ4v) is 2.62. The Labute approximate surface area is 104 Å². The average Bonchev–Trinajstić information content (AvgIpc) is 2.15. The largest absolute Gasteiger partial charge is 0.282 e. The lowest BCUT2D eigenvalue weighted by molar-refractivity contribution is 0.592. The van der Waals surface area contributed by atoms with Crippen molar-refractivity contribution in [3.05, 3.63) is 29.0 Å². The molecule has 0 radical (unpaired) electrons. The van der Waals surface area contributed by atoms with Crippen LogP contribution >= 0.6 is 11.6 Å². The van der Waals surface area contributed by atoms with Crippen molar-refractivity contribution in [2.24, 2.45) is 0 Å². The van der Waals surface area contributed by atoms with Crippen LogP contribution in [0.2, 0.25) is 5.02 Å². The Balaban J connectivity index is 3.02. The van der Waals surface area contributed by atoms with E-state index in [1.165, 1.54) is 6.07 Å². The molecule has 0 aliphatic heterocycles. The highest BCUT2D eigenvalue weighted by Gasteiger charge is 2.23. The molecule has 0 aliphatic rings. The maximum absolute atomic E-state index is 13.0. The quantitative estimate of drug-likeness (QED) is 0.919. The molecule has 1 aromatic rings. The number of hydrogen-bond acceptors (Lipinski definition) is 3. The van der Waals surface area contributed by atoms with Gasteiger partial charge in [-0.3, -0.25) is 4.72 Å². The Morgan fingerprint density at radius 1 is 1.53 bits per heavy atom. The molecule has 1 aromatic carbocycles. The highest BCUT2D eigenvalue weighted by Crippen LogP contribution is 2.20. The normalized spacial score (nSPS) is 12.8. The van der Waals surface area contributed by atoms with E-state index < -0.39 is 21.1 Å². The zero-order valence-electron chi connectivity index (χ0n) is 8.94. The number of nitrogens with zero attached hydrogens (tertiary/aromatic N) is 1. The van der Waals surface area contributed by atoms with Crippen LogP contribution in [0.4, 0.5) is 10.1 Å². The molecule has 1 N–H and O–H groups in total. The summed E-state index contributed by atoms with van der Waals surface area (Å²) in [5, 5.41) is 7.58. The van der Waals surface area contributed by atoms with Crippen molar-refractivity contribution in [3.8, 4) is 6.07 Å². The lowest BCUT2D eigenvalue weighted by Crippen LogP contribution is -2.25. The SMILES string of the molecule is CCC(C#N)S(=O)(=O)Nc1cc(F)cc(Cl)c1. The zero-order valence-corrected chi connectivity index (χ0v) is 10.5. The van der Waals surface area contributed by atoms with Gasteiger partial charge in [-0.1, -0.05) is 18.5 Å². The minimum absolute atomic E-state index is 0.00343. The molecule has 0 saturated carbocycles. The lowest BCUT2D eigenvalue weighted by atomic mass is 10.3. The number of halogens is 2. The van der Waals surface area contributed by atoms with Crippen molar-refractivity contribution >= 4 is 27.3 Å². The summed E-state index contributed by atoms with van der Waals surface area (Å²) in [6, 6.07) is 4.98. The minimum Gasteiger partial charge on any atom is -0.282 e. The van der Waals surface area contributed by atoms with E-state index in [0.29, 0.717) is 0 Å². The second-order valence-electron chi connectivity index (χ2n) is 3.33. The van der Waals surface area contributed by atoms with Crippen LogP contribution in [-0.2, 0) is 10.0 Å². The van der Waals surface area contributed by atoms with Gasteiger partial charge in [-0.05, 0) is 24.6 Å². The van der Waals surface area contributed by atoms with Crippen LogP contribution in [0.3, 0.4) is 0 Å². The zero-order chi connectivity index (χ0) is 13.1. The van der Waals surface area contributed by atoms with Gasteiger partial charge in [0, 0.05) is 5.02 Å². The molecule has 1 rings (SSSR count). The summed E-state index contributed by atoms with van der Waals surface area (Å²) in [4.78, 5) is 0. The molecule has 0 amide bonds. The van der Waals surface area contributed by atoms with Crippen molar-refractivity contribution in [1.29, 1.82) is 5.26 Å². The number of sulfonamides is 1. The molecule has 0 saturated heterocycles.